The molecule has 0 atom stereocenters. The summed E-state index contributed by atoms with van der Waals surface area (Å²) in [5.41, 5.74) is 2.06. The number of hydrogen-bond acceptors (Lipinski definition) is 6. The Bertz CT molecular complexity index is 1130. The minimum atomic E-state index is -0.210. The second-order valence-corrected chi connectivity index (χ2v) is 7.43. The molecule has 0 spiro atoms. The summed E-state index contributed by atoms with van der Waals surface area (Å²) in [6.45, 7) is 5.50. The second-order valence-electron chi connectivity index (χ2n) is 7.43. The predicted octanol–water partition coefficient (Wildman–Crippen LogP) is 3.80. The summed E-state index contributed by atoms with van der Waals surface area (Å²) in [5, 5.41) is 4.67. The molecule has 7 nitrogen and oxygen atoms in total. The van der Waals surface area contributed by atoms with Gasteiger partial charge in [0, 0.05) is 43.6 Å². The molecule has 1 saturated heterocycles. The first kappa shape index (κ1) is 18.6. The van der Waals surface area contributed by atoms with Gasteiger partial charge in [-0.1, -0.05) is 13.3 Å². The molecule has 30 heavy (non-hydrogen) atoms. The lowest BCUT2D eigenvalue weighted by atomic mass is 10.2. The van der Waals surface area contributed by atoms with Gasteiger partial charge in [0.05, 0.1) is 6.26 Å². The highest BCUT2D eigenvalue weighted by Crippen LogP contribution is 2.24. The Kier molecular flexibility index (Phi) is 4.82. The van der Waals surface area contributed by atoms with Crippen LogP contribution in [-0.4, -0.2) is 45.8 Å². The van der Waals surface area contributed by atoms with Crippen LogP contribution in [0.25, 0.3) is 17.4 Å². The number of piperazine rings is 1. The van der Waals surface area contributed by atoms with Crippen molar-refractivity contribution in [2.75, 3.05) is 36.0 Å². The van der Waals surface area contributed by atoms with Crippen LogP contribution in [0.4, 0.5) is 15.9 Å². The van der Waals surface area contributed by atoms with E-state index in [0.29, 0.717) is 17.4 Å². The SMILES string of the molecule is CCCc1cc(N2CCN(c3ccc(F)cc3)CC2)n2nc(-c3ccco3)nc2n1. The third-order valence-corrected chi connectivity index (χ3v) is 5.39. The summed E-state index contributed by atoms with van der Waals surface area (Å²) in [5.74, 6) is 2.53. The Hall–Kier alpha value is -3.42. The maximum Gasteiger partial charge on any atom is 0.255 e. The Morgan fingerprint density at radius 1 is 1.00 bits per heavy atom. The van der Waals surface area contributed by atoms with Gasteiger partial charge >= 0.3 is 0 Å². The maximum absolute atomic E-state index is 13.2. The zero-order chi connectivity index (χ0) is 20.5. The van der Waals surface area contributed by atoms with Crippen molar-refractivity contribution in [3.63, 3.8) is 0 Å². The molecule has 0 aliphatic carbocycles. The number of benzene rings is 1. The average molecular weight is 406 g/mol. The average Bonchev–Trinajstić information content (AvgIpc) is 3.44. The van der Waals surface area contributed by atoms with Gasteiger partial charge in [-0.05, 0) is 42.8 Å². The normalized spacial score (nSPS) is 14.6. The molecule has 1 aliphatic heterocycles. The lowest BCUT2D eigenvalue weighted by Crippen LogP contribution is -2.47. The topological polar surface area (TPSA) is 62.7 Å². The fourth-order valence-electron chi connectivity index (χ4n) is 3.87. The van der Waals surface area contributed by atoms with Crippen LogP contribution in [-0.2, 0) is 6.42 Å². The smallest absolute Gasteiger partial charge is 0.255 e. The fourth-order valence-corrected chi connectivity index (χ4v) is 3.87. The minimum absolute atomic E-state index is 0.210. The monoisotopic (exact) mass is 406 g/mol. The third kappa shape index (κ3) is 3.49. The molecule has 0 radical (unpaired) electrons. The van der Waals surface area contributed by atoms with Gasteiger partial charge in [0.15, 0.2) is 5.76 Å². The number of rotatable bonds is 5. The van der Waals surface area contributed by atoms with E-state index >= 15 is 0 Å². The highest BCUT2D eigenvalue weighted by atomic mass is 19.1. The van der Waals surface area contributed by atoms with E-state index < -0.39 is 0 Å². The maximum atomic E-state index is 13.2. The molecular weight excluding hydrogens is 383 g/mol. The standard InChI is InChI=1S/C22H23FN6O/c1-2-4-17-15-20(29-22(24-17)25-21(26-29)19-5-3-14-30-19)28-12-10-27(11-13-28)18-8-6-16(23)7-9-18/h3,5-9,14-15H,2,4,10-13H2,1H3. The first-order chi connectivity index (χ1) is 14.7. The molecule has 154 valence electrons. The van der Waals surface area contributed by atoms with Crippen molar-refractivity contribution < 1.29 is 8.81 Å². The van der Waals surface area contributed by atoms with Crippen LogP contribution in [0.5, 0.6) is 0 Å². The first-order valence-corrected chi connectivity index (χ1v) is 10.3. The summed E-state index contributed by atoms with van der Waals surface area (Å²) >= 11 is 0. The number of aryl methyl sites for hydroxylation is 1. The number of furan rings is 1. The number of anilines is 2. The molecule has 1 aromatic carbocycles. The largest absolute Gasteiger partial charge is 0.461 e. The Morgan fingerprint density at radius 2 is 1.77 bits per heavy atom. The van der Waals surface area contributed by atoms with Gasteiger partial charge in [-0.2, -0.15) is 9.50 Å². The van der Waals surface area contributed by atoms with Gasteiger partial charge in [-0.15, -0.1) is 5.10 Å². The quantitative estimate of drug-likeness (QED) is 0.502. The van der Waals surface area contributed by atoms with Crippen molar-refractivity contribution in [3.05, 3.63) is 60.2 Å². The van der Waals surface area contributed by atoms with Crippen molar-refractivity contribution in [2.24, 2.45) is 0 Å². The van der Waals surface area contributed by atoms with Crippen LogP contribution in [0.1, 0.15) is 19.0 Å². The number of fused-ring (bicyclic) bond motifs is 1. The predicted molar refractivity (Wildman–Crippen MR) is 113 cm³/mol. The zero-order valence-electron chi connectivity index (χ0n) is 16.8. The summed E-state index contributed by atoms with van der Waals surface area (Å²) in [4.78, 5) is 13.9. The van der Waals surface area contributed by atoms with E-state index in [0.717, 1.165) is 56.2 Å². The highest BCUT2D eigenvalue weighted by molar-refractivity contribution is 5.56. The van der Waals surface area contributed by atoms with Crippen molar-refractivity contribution in [1.29, 1.82) is 0 Å². The molecule has 8 heteroatoms. The molecule has 5 rings (SSSR count). The number of halogens is 1. The molecule has 0 unspecified atom stereocenters. The van der Waals surface area contributed by atoms with Crippen LogP contribution >= 0.6 is 0 Å². The van der Waals surface area contributed by atoms with Gasteiger partial charge in [-0.3, -0.25) is 0 Å². The van der Waals surface area contributed by atoms with Gasteiger partial charge in [0.2, 0.25) is 5.82 Å². The lowest BCUT2D eigenvalue weighted by molar-refractivity contribution is 0.577. The van der Waals surface area contributed by atoms with E-state index in [4.69, 9.17) is 9.40 Å². The van der Waals surface area contributed by atoms with Gasteiger partial charge in [0.1, 0.15) is 11.6 Å². The van der Waals surface area contributed by atoms with E-state index in [1.807, 2.05) is 28.8 Å². The van der Waals surface area contributed by atoms with Crippen LogP contribution < -0.4 is 9.80 Å². The molecule has 0 amide bonds. The molecule has 3 aromatic heterocycles. The molecule has 1 fully saturated rings. The molecule has 0 saturated carbocycles. The van der Waals surface area contributed by atoms with Crippen LogP contribution in [0.2, 0.25) is 0 Å². The van der Waals surface area contributed by atoms with E-state index in [1.165, 1.54) is 12.1 Å². The van der Waals surface area contributed by atoms with Crippen molar-refractivity contribution in [3.8, 4) is 11.6 Å². The molecule has 4 heterocycles. The summed E-state index contributed by atoms with van der Waals surface area (Å²) in [6.07, 6.45) is 3.52. The van der Waals surface area contributed by atoms with Gasteiger partial charge in [0.25, 0.3) is 5.78 Å². The molecule has 0 bridgehead atoms. The summed E-state index contributed by atoms with van der Waals surface area (Å²) < 4.78 is 20.5. The zero-order valence-corrected chi connectivity index (χ0v) is 16.8. The van der Waals surface area contributed by atoms with Crippen molar-refractivity contribution >= 4 is 17.3 Å². The fraction of sp³-hybridized carbons (Fsp3) is 0.318. The van der Waals surface area contributed by atoms with E-state index in [2.05, 4.69) is 32.9 Å². The van der Waals surface area contributed by atoms with Crippen LogP contribution in [0.3, 0.4) is 0 Å². The van der Waals surface area contributed by atoms with Crippen molar-refractivity contribution in [2.45, 2.75) is 19.8 Å². The summed E-state index contributed by atoms with van der Waals surface area (Å²) in [7, 11) is 0. The number of hydrogen-bond donors (Lipinski definition) is 0. The second kappa shape index (κ2) is 7.78. The molecular formula is C22H23FN6O. The molecule has 1 aliphatic rings. The van der Waals surface area contributed by atoms with E-state index in [1.54, 1.807) is 6.26 Å². The Morgan fingerprint density at radius 3 is 2.47 bits per heavy atom. The number of nitrogens with zero attached hydrogens (tertiary/aromatic N) is 6. The van der Waals surface area contributed by atoms with Crippen molar-refractivity contribution in [1.82, 2.24) is 19.6 Å². The van der Waals surface area contributed by atoms with E-state index in [9.17, 15) is 4.39 Å². The minimum Gasteiger partial charge on any atom is -0.461 e. The van der Waals surface area contributed by atoms with Crippen LogP contribution in [0.15, 0.2) is 53.1 Å². The Labute approximate surface area is 173 Å². The summed E-state index contributed by atoms with van der Waals surface area (Å²) in [6, 6.07) is 12.5. The highest BCUT2D eigenvalue weighted by Gasteiger charge is 2.22. The van der Waals surface area contributed by atoms with Crippen LogP contribution in [0, 0.1) is 5.82 Å². The van der Waals surface area contributed by atoms with Gasteiger partial charge in [-0.25, -0.2) is 9.37 Å². The molecule has 4 aromatic rings. The van der Waals surface area contributed by atoms with Gasteiger partial charge < -0.3 is 14.2 Å². The number of aromatic nitrogens is 4. The van der Waals surface area contributed by atoms with E-state index in [-0.39, 0.29) is 5.82 Å². The Balaban J connectivity index is 1.45. The lowest BCUT2D eigenvalue weighted by Gasteiger charge is -2.37. The third-order valence-electron chi connectivity index (χ3n) is 5.39. The first-order valence-electron chi connectivity index (χ1n) is 10.3. The molecule has 0 N–H and O–H groups in total.